The van der Waals surface area contributed by atoms with Crippen molar-refractivity contribution in [2.75, 3.05) is 5.32 Å². The Labute approximate surface area is 142 Å². The van der Waals surface area contributed by atoms with Crippen molar-refractivity contribution in [3.05, 3.63) is 41.5 Å². The molecule has 2 heterocycles. The van der Waals surface area contributed by atoms with Crippen molar-refractivity contribution in [1.29, 1.82) is 0 Å². The number of fused-ring (bicyclic) bond motifs is 1. The molecule has 6 nitrogen and oxygen atoms in total. The van der Waals surface area contributed by atoms with Crippen LogP contribution in [0.2, 0.25) is 0 Å². The van der Waals surface area contributed by atoms with Gasteiger partial charge >= 0.3 is 5.97 Å². The zero-order chi connectivity index (χ0) is 17.3. The molecule has 0 aliphatic rings. The quantitative estimate of drug-likeness (QED) is 0.659. The van der Waals surface area contributed by atoms with Gasteiger partial charge in [-0.3, -0.25) is 0 Å². The van der Waals surface area contributed by atoms with Crippen molar-refractivity contribution in [3.63, 3.8) is 0 Å². The molecule has 7 heteroatoms. The van der Waals surface area contributed by atoms with Crippen LogP contribution in [0, 0.1) is 6.92 Å². The van der Waals surface area contributed by atoms with Crippen LogP contribution in [0.5, 0.6) is 0 Å². The minimum atomic E-state index is -1.15. The topological polar surface area (TPSA) is 95.3 Å². The van der Waals surface area contributed by atoms with Crippen LogP contribution in [0.4, 0.5) is 5.82 Å². The molecule has 0 fully saturated rings. The summed E-state index contributed by atoms with van der Waals surface area (Å²) in [6, 6.07) is 8.63. The summed E-state index contributed by atoms with van der Waals surface area (Å²) in [5, 5.41) is 24.7. The van der Waals surface area contributed by atoms with Gasteiger partial charge in [0.2, 0.25) is 0 Å². The highest BCUT2D eigenvalue weighted by molar-refractivity contribution is 7.17. The van der Waals surface area contributed by atoms with E-state index in [1.807, 2.05) is 35.7 Å². The van der Waals surface area contributed by atoms with E-state index in [1.165, 1.54) is 18.3 Å². The molecule has 3 rings (SSSR count). The number of nitrogens with zero attached hydrogens (tertiary/aromatic N) is 2. The van der Waals surface area contributed by atoms with Gasteiger partial charge in [-0.1, -0.05) is 30.3 Å². The Kier molecular flexibility index (Phi) is 4.46. The zero-order valence-electron chi connectivity index (χ0n) is 13.2. The molecule has 0 aliphatic carbocycles. The van der Waals surface area contributed by atoms with Gasteiger partial charge in [0.1, 0.15) is 16.5 Å². The molecule has 124 valence electrons. The third-order valence-corrected chi connectivity index (χ3v) is 4.54. The van der Waals surface area contributed by atoms with Gasteiger partial charge < -0.3 is 15.5 Å². The maximum atomic E-state index is 11.4. The largest absolute Gasteiger partial charge is 0.480 e. The first kappa shape index (κ1) is 16.4. The second-order valence-corrected chi connectivity index (χ2v) is 6.37. The summed E-state index contributed by atoms with van der Waals surface area (Å²) < 4.78 is 0. The van der Waals surface area contributed by atoms with E-state index in [-0.39, 0.29) is 0 Å². The number of aryl methyl sites for hydroxylation is 1. The molecule has 0 aliphatic heterocycles. The number of nitrogens with one attached hydrogen (secondary N) is 1. The minimum absolute atomic E-state index is 0.422. The predicted molar refractivity (Wildman–Crippen MR) is 94.3 cm³/mol. The highest BCUT2D eigenvalue weighted by Crippen LogP contribution is 2.37. The van der Waals surface area contributed by atoms with E-state index in [4.69, 9.17) is 0 Å². The van der Waals surface area contributed by atoms with E-state index in [2.05, 4.69) is 15.3 Å². The Morgan fingerprint density at radius 3 is 2.58 bits per heavy atom. The predicted octanol–water partition coefficient (Wildman–Crippen LogP) is 2.91. The van der Waals surface area contributed by atoms with Gasteiger partial charge in [-0.2, -0.15) is 0 Å². The van der Waals surface area contributed by atoms with Crippen LogP contribution < -0.4 is 5.32 Å². The molecule has 3 N–H and O–H groups in total. The number of aliphatic carboxylic acids is 1. The molecule has 1 aromatic carbocycles. The van der Waals surface area contributed by atoms with Crippen LogP contribution in [0.15, 0.2) is 35.7 Å². The van der Waals surface area contributed by atoms with E-state index in [0.717, 1.165) is 21.3 Å². The molecule has 3 aromatic rings. The molecular formula is C17H17N3O3S. The number of aromatic nitrogens is 2. The molecule has 0 amide bonds. The van der Waals surface area contributed by atoms with Crippen LogP contribution in [0.1, 0.15) is 12.7 Å². The van der Waals surface area contributed by atoms with Crippen LogP contribution in [0.25, 0.3) is 21.3 Å². The number of hydrogen-bond donors (Lipinski definition) is 3. The molecule has 24 heavy (non-hydrogen) atoms. The summed E-state index contributed by atoms with van der Waals surface area (Å²) in [5.41, 5.74) is 1.94. The second kappa shape index (κ2) is 6.54. The van der Waals surface area contributed by atoms with E-state index in [9.17, 15) is 15.0 Å². The third-order valence-electron chi connectivity index (χ3n) is 3.67. The van der Waals surface area contributed by atoms with Crippen LogP contribution in [-0.2, 0) is 4.79 Å². The first-order valence-electron chi connectivity index (χ1n) is 7.46. The van der Waals surface area contributed by atoms with Gasteiger partial charge in [-0.15, -0.1) is 11.3 Å². The summed E-state index contributed by atoms with van der Waals surface area (Å²) >= 11 is 1.48. The SMILES string of the molecule is Cc1nc(NC(C(=O)O)C(C)O)c2c(-c3ccccc3)csc2n1. The van der Waals surface area contributed by atoms with Gasteiger partial charge in [-0.25, -0.2) is 14.8 Å². The third kappa shape index (κ3) is 3.08. The first-order valence-corrected chi connectivity index (χ1v) is 8.34. The molecule has 0 spiro atoms. The number of benzene rings is 1. The molecule has 0 saturated carbocycles. The number of thiophene rings is 1. The van der Waals surface area contributed by atoms with E-state index in [1.54, 1.807) is 6.92 Å². The fraction of sp³-hybridized carbons (Fsp3) is 0.235. The summed E-state index contributed by atoms with van der Waals surface area (Å²) in [7, 11) is 0. The Hall–Kier alpha value is -2.51. The summed E-state index contributed by atoms with van der Waals surface area (Å²) in [6.45, 7) is 3.19. The summed E-state index contributed by atoms with van der Waals surface area (Å²) in [6.07, 6.45) is -1.06. The van der Waals surface area contributed by atoms with Crippen molar-refractivity contribution in [2.24, 2.45) is 0 Å². The lowest BCUT2D eigenvalue weighted by atomic mass is 10.1. The number of aliphatic hydroxyl groups excluding tert-OH is 1. The van der Waals surface area contributed by atoms with Crippen molar-refractivity contribution in [2.45, 2.75) is 26.0 Å². The number of hydrogen-bond acceptors (Lipinski definition) is 6. The van der Waals surface area contributed by atoms with Crippen molar-refractivity contribution < 1.29 is 15.0 Å². The molecule has 2 unspecified atom stereocenters. The van der Waals surface area contributed by atoms with Gasteiger partial charge in [0.05, 0.1) is 11.5 Å². The van der Waals surface area contributed by atoms with Gasteiger partial charge in [0.25, 0.3) is 0 Å². The first-order chi connectivity index (χ1) is 11.5. The van der Waals surface area contributed by atoms with Crippen molar-refractivity contribution in [3.8, 4) is 11.1 Å². The number of rotatable bonds is 5. The van der Waals surface area contributed by atoms with Crippen LogP contribution in [0.3, 0.4) is 0 Å². The molecule has 0 saturated heterocycles. The smallest absolute Gasteiger partial charge is 0.328 e. The monoisotopic (exact) mass is 343 g/mol. The zero-order valence-corrected chi connectivity index (χ0v) is 14.0. The van der Waals surface area contributed by atoms with Crippen LogP contribution >= 0.6 is 11.3 Å². The van der Waals surface area contributed by atoms with Gasteiger partial charge in [0, 0.05) is 10.9 Å². The van der Waals surface area contributed by atoms with Crippen molar-refractivity contribution in [1.82, 2.24) is 9.97 Å². The lowest BCUT2D eigenvalue weighted by Gasteiger charge is -2.18. The number of aliphatic hydroxyl groups is 1. The fourth-order valence-corrected chi connectivity index (χ4v) is 3.51. The Morgan fingerprint density at radius 1 is 1.25 bits per heavy atom. The van der Waals surface area contributed by atoms with Crippen molar-refractivity contribution >= 4 is 33.3 Å². The standard InChI is InChI=1S/C17H17N3O3S/c1-9(21)14(17(22)23)20-15-13-12(11-6-4-3-5-7-11)8-24-16(13)19-10(2)18-15/h3-9,14,21H,1-2H3,(H,22,23)(H,18,19,20). The molecule has 2 aromatic heterocycles. The average Bonchev–Trinajstić information content (AvgIpc) is 2.96. The minimum Gasteiger partial charge on any atom is -0.480 e. The Balaban J connectivity index is 2.16. The van der Waals surface area contributed by atoms with Gasteiger partial charge in [-0.05, 0) is 19.4 Å². The van der Waals surface area contributed by atoms with E-state index in [0.29, 0.717) is 11.6 Å². The normalized spacial score (nSPS) is 13.6. The van der Waals surface area contributed by atoms with E-state index < -0.39 is 18.1 Å². The Morgan fingerprint density at radius 2 is 1.96 bits per heavy atom. The Bertz CT molecular complexity index is 877. The number of anilines is 1. The fourth-order valence-electron chi connectivity index (χ4n) is 2.52. The number of carboxylic acid groups (broad SMARTS) is 1. The lowest BCUT2D eigenvalue weighted by Crippen LogP contribution is -2.39. The average molecular weight is 343 g/mol. The van der Waals surface area contributed by atoms with Crippen LogP contribution in [-0.4, -0.2) is 38.3 Å². The summed E-state index contributed by atoms with van der Waals surface area (Å²) in [5.74, 6) is -0.169. The highest BCUT2D eigenvalue weighted by Gasteiger charge is 2.25. The number of carboxylic acids is 1. The lowest BCUT2D eigenvalue weighted by molar-refractivity contribution is -0.140. The molecule has 0 radical (unpaired) electrons. The highest BCUT2D eigenvalue weighted by atomic mass is 32.1. The van der Waals surface area contributed by atoms with Gasteiger partial charge in [0.15, 0.2) is 6.04 Å². The number of carbonyl (C=O) groups is 1. The second-order valence-electron chi connectivity index (χ2n) is 5.52. The molecule has 2 atom stereocenters. The summed E-state index contributed by atoms with van der Waals surface area (Å²) in [4.78, 5) is 21.0. The molecule has 0 bridgehead atoms. The molecular weight excluding hydrogens is 326 g/mol. The maximum absolute atomic E-state index is 11.4. The maximum Gasteiger partial charge on any atom is 0.328 e. The van der Waals surface area contributed by atoms with E-state index >= 15 is 0 Å².